The number of nitrogens with one attached hydrogen (secondary N) is 1. The Morgan fingerprint density at radius 2 is 1.95 bits per heavy atom. The predicted molar refractivity (Wildman–Crippen MR) is 87.4 cm³/mol. The largest absolute Gasteiger partial charge is 0.389 e. The van der Waals surface area contributed by atoms with E-state index in [1.807, 2.05) is 13.8 Å². The van der Waals surface area contributed by atoms with Gasteiger partial charge in [0.15, 0.2) is 0 Å². The first kappa shape index (κ1) is 17.0. The summed E-state index contributed by atoms with van der Waals surface area (Å²) in [6, 6.07) is 6.57. The van der Waals surface area contributed by atoms with Crippen molar-refractivity contribution in [1.82, 2.24) is 5.32 Å². The maximum atomic E-state index is 10.00. The first-order valence-electron chi connectivity index (χ1n) is 7.65. The molecule has 0 atom stereocenters. The summed E-state index contributed by atoms with van der Waals surface area (Å²) in [5.74, 6) is 0. The first-order valence-corrected chi connectivity index (χ1v) is 7.65. The van der Waals surface area contributed by atoms with Gasteiger partial charge in [0, 0.05) is 25.3 Å². The minimum atomic E-state index is -0.675. The van der Waals surface area contributed by atoms with Gasteiger partial charge in [0.05, 0.1) is 5.60 Å². The highest BCUT2D eigenvalue weighted by atomic mass is 16.3. The number of aryl methyl sites for hydroxylation is 1. The van der Waals surface area contributed by atoms with E-state index < -0.39 is 5.60 Å². The molecule has 114 valence electrons. The normalized spacial score (nSPS) is 11.7. The van der Waals surface area contributed by atoms with E-state index in [-0.39, 0.29) is 0 Å². The summed E-state index contributed by atoms with van der Waals surface area (Å²) in [7, 11) is 0. The van der Waals surface area contributed by atoms with Crippen LogP contribution in [0.25, 0.3) is 0 Å². The zero-order valence-electron chi connectivity index (χ0n) is 13.7. The topological polar surface area (TPSA) is 35.5 Å². The molecule has 0 aliphatic heterocycles. The second kappa shape index (κ2) is 7.65. The summed E-state index contributed by atoms with van der Waals surface area (Å²) in [6.07, 6.45) is 1.16. The Hall–Kier alpha value is -1.06. The molecule has 1 rings (SSSR count). The van der Waals surface area contributed by atoms with Gasteiger partial charge in [-0.15, -0.1) is 0 Å². The molecule has 0 saturated carbocycles. The molecule has 0 spiro atoms. The number of rotatable bonds is 8. The van der Waals surface area contributed by atoms with Crippen LogP contribution in [0.15, 0.2) is 18.2 Å². The van der Waals surface area contributed by atoms with Crippen molar-refractivity contribution in [3.05, 3.63) is 29.3 Å². The van der Waals surface area contributed by atoms with E-state index >= 15 is 0 Å². The van der Waals surface area contributed by atoms with E-state index in [0.717, 1.165) is 26.1 Å². The smallest absolute Gasteiger partial charge is 0.0765 e. The maximum Gasteiger partial charge on any atom is 0.0765 e. The van der Waals surface area contributed by atoms with E-state index in [4.69, 9.17) is 0 Å². The lowest BCUT2D eigenvalue weighted by Crippen LogP contribution is -2.38. The van der Waals surface area contributed by atoms with Gasteiger partial charge >= 0.3 is 0 Å². The Balaban J connectivity index is 2.78. The number of anilines is 1. The van der Waals surface area contributed by atoms with Crippen LogP contribution in [-0.2, 0) is 6.54 Å². The standard InChI is InChI=1S/C17H30N2O/c1-6-10-18-12-15-8-9-16(11-14(15)3)19(7-2)13-17(4,5)20/h8-9,11,18,20H,6-7,10,12-13H2,1-5H3. The number of nitrogens with zero attached hydrogens (tertiary/aromatic N) is 1. The van der Waals surface area contributed by atoms with Crippen LogP contribution in [0.5, 0.6) is 0 Å². The molecular weight excluding hydrogens is 248 g/mol. The molecule has 0 aliphatic rings. The lowest BCUT2D eigenvalue weighted by molar-refractivity contribution is 0.0876. The molecule has 0 aliphatic carbocycles. The molecule has 0 fully saturated rings. The van der Waals surface area contributed by atoms with Crippen molar-refractivity contribution >= 4 is 5.69 Å². The van der Waals surface area contributed by atoms with Crippen LogP contribution >= 0.6 is 0 Å². The average molecular weight is 278 g/mol. The molecule has 0 radical (unpaired) electrons. The molecule has 1 aromatic rings. The molecule has 3 nitrogen and oxygen atoms in total. The van der Waals surface area contributed by atoms with E-state index in [1.54, 1.807) is 0 Å². The van der Waals surface area contributed by atoms with Crippen molar-refractivity contribution in [3.63, 3.8) is 0 Å². The van der Waals surface area contributed by atoms with Crippen LogP contribution in [0.1, 0.15) is 45.2 Å². The molecule has 0 aromatic heterocycles. The van der Waals surface area contributed by atoms with Gasteiger partial charge < -0.3 is 15.3 Å². The fourth-order valence-electron chi connectivity index (χ4n) is 2.33. The molecule has 0 saturated heterocycles. The van der Waals surface area contributed by atoms with Gasteiger partial charge in [-0.3, -0.25) is 0 Å². The second-order valence-electron chi connectivity index (χ2n) is 6.11. The fraction of sp³-hybridized carbons (Fsp3) is 0.647. The van der Waals surface area contributed by atoms with Crippen molar-refractivity contribution in [2.24, 2.45) is 0 Å². The van der Waals surface area contributed by atoms with Gasteiger partial charge in [-0.2, -0.15) is 0 Å². The van der Waals surface area contributed by atoms with Crippen LogP contribution in [0.2, 0.25) is 0 Å². The monoisotopic (exact) mass is 278 g/mol. The molecule has 0 bridgehead atoms. The van der Waals surface area contributed by atoms with Crippen LogP contribution in [0, 0.1) is 6.92 Å². The first-order chi connectivity index (χ1) is 9.37. The van der Waals surface area contributed by atoms with Crippen molar-refractivity contribution in [3.8, 4) is 0 Å². The van der Waals surface area contributed by atoms with Gasteiger partial charge in [-0.25, -0.2) is 0 Å². The van der Waals surface area contributed by atoms with Gasteiger partial charge in [-0.05, 0) is 63.9 Å². The summed E-state index contributed by atoms with van der Waals surface area (Å²) >= 11 is 0. The van der Waals surface area contributed by atoms with E-state index in [9.17, 15) is 5.11 Å². The Morgan fingerprint density at radius 1 is 1.25 bits per heavy atom. The SMILES string of the molecule is CCCNCc1ccc(N(CC)CC(C)(C)O)cc1C. The predicted octanol–water partition coefficient (Wildman–Crippen LogP) is 3.09. The highest BCUT2D eigenvalue weighted by Crippen LogP contribution is 2.21. The van der Waals surface area contributed by atoms with Crippen LogP contribution < -0.4 is 10.2 Å². The minimum Gasteiger partial charge on any atom is -0.389 e. The quantitative estimate of drug-likeness (QED) is 0.717. The molecule has 0 amide bonds. The highest BCUT2D eigenvalue weighted by molar-refractivity contribution is 5.51. The molecule has 0 unspecified atom stereocenters. The number of likely N-dealkylation sites (N-methyl/N-ethyl adjacent to an activating group) is 1. The van der Waals surface area contributed by atoms with Crippen molar-refractivity contribution in [1.29, 1.82) is 0 Å². The lowest BCUT2D eigenvalue weighted by Gasteiger charge is -2.30. The summed E-state index contributed by atoms with van der Waals surface area (Å²) in [6.45, 7) is 13.7. The van der Waals surface area contributed by atoms with Crippen LogP contribution in [0.3, 0.4) is 0 Å². The highest BCUT2D eigenvalue weighted by Gasteiger charge is 2.17. The van der Waals surface area contributed by atoms with Gasteiger partial charge in [0.1, 0.15) is 0 Å². The second-order valence-corrected chi connectivity index (χ2v) is 6.11. The van der Waals surface area contributed by atoms with E-state index in [1.165, 1.54) is 16.8 Å². The van der Waals surface area contributed by atoms with Crippen molar-refractivity contribution in [2.45, 2.75) is 53.2 Å². The Kier molecular flexibility index (Phi) is 6.50. The summed E-state index contributed by atoms with van der Waals surface area (Å²) < 4.78 is 0. The third-order valence-electron chi connectivity index (χ3n) is 3.39. The zero-order chi connectivity index (χ0) is 15.2. The van der Waals surface area contributed by atoms with Crippen molar-refractivity contribution in [2.75, 3.05) is 24.5 Å². The van der Waals surface area contributed by atoms with E-state index in [2.05, 4.69) is 49.2 Å². The summed E-state index contributed by atoms with van der Waals surface area (Å²) in [4.78, 5) is 2.22. The van der Waals surface area contributed by atoms with Gasteiger partial charge in [0.2, 0.25) is 0 Å². The fourth-order valence-corrected chi connectivity index (χ4v) is 2.33. The molecule has 0 heterocycles. The minimum absolute atomic E-state index is 0.649. The average Bonchev–Trinajstić information content (AvgIpc) is 2.37. The van der Waals surface area contributed by atoms with Gasteiger partial charge in [-0.1, -0.05) is 13.0 Å². The third-order valence-corrected chi connectivity index (χ3v) is 3.39. The lowest BCUT2D eigenvalue weighted by atomic mass is 10.1. The number of aliphatic hydroxyl groups is 1. The maximum absolute atomic E-state index is 10.00. The van der Waals surface area contributed by atoms with Crippen LogP contribution in [-0.4, -0.2) is 30.3 Å². The number of benzene rings is 1. The summed E-state index contributed by atoms with van der Waals surface area (Å²) in [5.41, 5.74) is 3.17. The molecule has 2 N–H and O–H groups in total. The number of hydrogen-bond donors (Lipinski definition) is 2. The molecule has 1 aromatic carbocycles. The van der Waals surface area contributed by atoms with Crippen LogP contribution in [0.4, 0.5) is 5.69 Å². The molecule has 3 heteroatoms. The zero-order valence-corrected chi connectivity index (χ0v) is 13.7. The van der Waals surface area contributed by atoms with Gasteiger partial charge in [0.25, 0.3) is 0 Å². The Labute approximate surface area is 124 Å². The Bertz CT molecular complexity index is 410. The molecule has 20 heavy (non-hydrogen) atoms. The van der Waals surface area contributed by atoms with E-state index in [0.29, 0.717) is 6.54 Å². The third kappa shape index (κ3) is 5.51. The Morgan fingerprint density at radius 3 is 2.45 bits per heavy atom. The summed E-state index contributed by atoms with van der Waals surface area (Å²) in [5, 5.41) is 13.4. The van der Waals surface area contributed by atoms with Crippen molar-refractivity contribution < 1.29 is 5.11 Å². The molecular formula is C17H30N2O. The number of hydrogen-bond acceptors (Lipinski definition) is 3.